The largest absolute Gasteiger partial charge is 0.469 e. The molecule has 0 saturated carbocycles. The minimum atomic E-state index is 0.193. The molecule has 5 nitrogen and oxygen atoms in total. The topological polar surface area (TPSA) is 66.7 Å². The first-order valence-corrected chi connectivity index (χ1v) is 9.85. The van der Waals surface area contributed by atoms with E-state index in [9.17, 15) is 0 Å². The second-order valence-corrected chi connectivity index (χ2v) is 7.31. The summed E-state index contributed by atoms with van der Waals surface area (Å²) in [5, 5.41) is 4.61. The van der Waals surface area contributed by atoms with Gasteiger partial charge in [-0.3, -0.25) is 0 Å². The third kappa shape index (κ3) is 3.36. The predicted octanol–water partition coefficient (Wildman–Crippen LogP) is 5.65. The Balaban J connectivity index is 1.39. The molecule has 2 aromatic carbocycles. The minimum absolute atomic E-state index is 0.193. The first kappa shape index (κ1) is 17.5. The number of benzene rings is 2. The molecular formula is C24H22N4O. The first-order chi connectivity index (χ1) is 14.3. The number of nitrogens with zero attached hydrogens (tertiary/aromatic N) is 2. The molecule has 5 aromatic rings. The highest BCUT2D eigenvalue weighted by molar-refractivity contribution is 6.07. The molecule has 1 unspecified atom stereocenters. The second-order valence-electron chi connectivity index (χ2n) is 7.31. The van der Waals surface area contributed by atoms with Crippen LogP contribution in [0.5, 0.6) is 0 Å². The van der Waals surface area contributed by atoms with E-state index in [1.807, 2.05) is 24.3 Å². The Bertz CT molecular complexity index is 1240. The molecule has 0 aliphatic heterocycles. The van der Waals surface area contributed by atoms with Crippen LogP contribution in [0.3, 0.4) is 0 Å². The molecule has 5 heteroatoms. The van der Waals surface area contributed by atoms with Crippen molar-refractivity contribution < 1.29 is 4.42 Å². The summed E-state index contributed by atoms with van der Waals surface area (Å²) in [5.74, 6) is 2.00. The summed E-state index contributed by atoms with van der Waals surface area (Å²) in [6.07, 6.45) is 4.25. The SMILES string of the molecule is Cc1ccc(C(CCNc2ncnc3c2[nH]c2ccccc23)c2ccco2)cc1. The standard InChI is InChI=1S/C24H22N4O/c1-16-8-10-17(11-9-16)18(21-7-4-14-29-21)12-13-25-24-23-22(26-15-27-24)19-5-2-3-6-20(19)28-23/h2-11,14-15,18,28H,12-13H2,1H3,(H,25,26,27). The van der Waals surface area contributed by atoms with Crippen molar-refractivity contribution in [3.05, 3.63) is 90.1 Å². The molecule has 0 radical (unpaired) electrons. The maximum absolute atomic E-state index is 5.73. The van der Waals surface area contributed by atoms with Crippen LogP contribution in [0.25, 0.3) is 21.9 Å². The lowest BCUT2D eigenvalue weighted by molar-refractivity contribution is 0.477. The lowest BCUT2D eigenvalue weighted by atomic mass is 9.92. The van der Waals surface area contributed by atoms with Crippen LogP contribution in [0, 0.1) is 6.92 Å². The maximum atomic E-state index is 5.73. The van der Waals surface area contributed by atoms with Gasteiger partial charge in [-0.25, -0.2) is 9.97 Å². The Kier molecular flexibility index (Phi) is 4.48. The van der Waals surface area contributed by atoms with Crippen LogP contribution in [0.4, 0.5) is 5.82 Å². The van der Waals surface area contributed by atoms with E-state index in [2.05, 4.69) is 63.6 Å². The maximum Gasteiger partial charge on any atom is 0.153 e. The van der Waals surface area contributed by atoms with E-state index in [0.29, 0.717) is 0 Å². The van der Waals surface area contributed by atoms with E-state index in [1.165, 1.54) is 11.1 Å². The van der Waals surface area contributed by atoms with E-state index in [4.69, 9.17) is 4.42 Å². The Morgan fingerprint density at radius 3 is 2.69 bits per heavy atom. The molecule has 0 fully saturated rings. The van der Waals surface area contributed by atoms with Crippen LogP contribution in [0.15, 0.2) is 77.7 Å². The van der Waals surface area contributed by atoms with Crippen LogP contribution in [-0.2, 0) is 0 Å². The van der Waals surface area contributed by atoms with Gasteiger partial charge in [-0.15, -0.1) is 0 Å². The van der Waals surface area contributed by atoms with Crippen molar-refractivity contribution in [3.63, 3.8) is 0 Å². The zero-order chi connectivity index (χ0) is 19.6. The fraction of sp³-hybridized carbons (Fsp3) is 0.167. The number of nitrogens with one attached hydrogen (secondary N) is 2. The number of rotatable bonds is 6. The average molecular weight is 382 g/mol. The van der Waals surface area contributed by atoms with Gasteiger partial charge in [0.2, 0.25) is 0 Å². The van der Waals surface area contributed by atoms with Crippen LogP contribution < -0.4 is 5.32 Å². The number of furan rings is 1. The third-order valence-corrected chi connectivity index (χ3v) is 5.38. The number of fused-ring (bicyclic) bond motifs is 3. The lowest BCUT2D eigenvalue weighted by Gasteiger charge is -2.16. The summed E-state index contributed by atoms with van der Waals surface area (Å²) >= 11 is 0. The molecule has 29 heavy (non-hydrogen) atoms. The fourth-order valence-corrected chi connectivity index (χ4v) is 3.87. The molecular weight excluding hydrogens is 360 g/mol. The van der Waals surface area contributed by atoms with Crippen molar-refractivity contribution in [1.29, 1.82) is 0 Å². The smallest absolute Gasteiger partial charge is 0.153 e. The molecule has 0 spiro atoms. The summed E-state index contributed by atoms with van der Waals surface area (Å²) < 4.78 is 5.73. The summed E-state index contributed by atoms with van der Waals surface area (Å²) in [6.45, 7) is 2.87. The van der Waals surface area contributed by atoms with Crippen molar-refractivity contribution in [2.24, 2.45) is 0 Å². The zero-order valence-corrected chi connectivity index (χ0v) is 16.2. The van der Waals surface area contributed by atoms with Gasteiger partial charge < -0.3 is 14.7 Å². The number of hydrogen-bond acceptors (Lipinski definition) is 4. The number of aromatic amines is 1. The van der Waals surface area contributed by atoms with E-state index in [1.54, 1.807) is 12.6 Å². The third-order valence-electron chi connectivity index (χ3n) is 5.38. The molecule has 0 aliphatic rings. The van der Waals surface area contributed by atoms with E-state index in [0.717, 1.165) is 46.5 Å². The van der Waals surface area contributed by atoms with E-state index < -0.39 is 0 Å². The normalized spacial score (nSPS) is 12.4. The van der Waals surface area contributed by atoms with Crippen molar-refractivity contribution in [1.82, 2.24) is 15.0 Å². The number of aryl methyl sites for hydroxylation is 1. The Labute approximate surface area is 168 Å². The minimum Gasteiger partial charge on any atom is -0.469 e. The van der Waals surface area contributed by atoms with Gasteiger partial charge in [0.1, 0.15) is 23.1 Å². The van der Waals surface area contributed by atoms with E-state index in [-0.39, 0.29) is 5.92 Å². The summed E-state index contributed by atoms with van der Waals surface area (Å²) in [7, 11) is 0. The highest BCUT2D eigenvalue weighted by Crippen LogP contribution is 2.30. The van der Waals surface area contributed by atoms with Gasteiger partial charge in [0.15, 0.2) is 5.82 Å². The van der Waals surface area contributed by atoms with Gasteiger partial charge in [0, 0.05) is 23.4 Å². The summed E-state index contributed by atoms with van der Waals surface area (Å²) in [4.78, 5) is 12.4. The Hall–Kier alpha value is -3.60. The van der Waals surface area contributed by atoms with Crippen LogP contribution in [-0.4, -0.2) is 21.5 Å². The highest BCUT2D eigenvalue weighted by atomic mass is 16.3. The molecule has 2 N–H and O–H groups in total. The number of hydrogen-bond donors (Lipinski definition) is 2. The van der Waals surface area contributed by atoms with E-state index >= 15 is 0 Å². The monoisotopic (exact) mass is 382 g/mol. The van der Waals surface area contributed by atoms with Gasteiger partial charge in [-0.2, -0.15) is 0 Å². The van der Waals surface area contributed by atoms with Gasteiger partial charge in [-0.05, 0) is 37.1 Å². The van der Waals surface area contributed by atoms with Crippen LogP contribution in [0.2, 0.25) is 0 Å². The molecule has 0 bridgehead atoms. The molecule has 144 valence electrons. The highest BCUT2D eigenvalue weighted by Gasteiger charge is 2.17. The molecule has 5 rings (SSSR count). The Morgan fingerprint density at radius 1 is 1.00 bits per heavy atom. The molecule has 0 aliphatic carbocycles. The van der Waals surface area contributed by atoms with Crippen molar-refractivity contribution in [3.8, 4) is 0 Å². The molecule has 0 saturated heterocycles. The first-order valence-electron chi connectivity index (χ1n) is 9.85. The fourth-order valence-electron chi connectivity index (χ4n) is 3.87. The van der Waals surface area contributed by atoms with Crippen molar-refractivity contribution >= 4 is 27.8 Å². The average Bonchev–Trinajstić information content (AvgIpc) is 3.40. The molecule has 3 heterocycles. The Morgan fingerprint density at radius 2 is 1.86 bits per heavy atom. The van der Waals surface area contributed by atoms with Gasteiger partial charge in [0.05, 0.1) is 6.26 Å². The quantitative estimate of drug-likeness (QED) is 0.398. The summed E-state index contributed by atoms with van der Waals surface area (Å²) in [5.41, 5.74) is 5.47. The van der Waals surface area contributed by atoms with Gasteiger partial charge >= 0.3 is 0 Å². The van der Waals surface area contributed by atoms with Crippen LogP contribution in [0.1, 0.15) is 29.2 Å². The lowest BCUT2D eigenvalue weighted by Crippen LogP contribution is -2.10. The predicted molar refractivity (Wildman–Crippen MR) is 116 cm³/mol. The number of aromatic nitrogens is 3. The van der Waals surface area contributed by atoms with Crippen molar-refractivity contribution in [2.45, 2.75) is 19.3 Å². The molecule has 3 aromatic heterocycles. The summed E-state index contributed by atoms with van der Waals surface area (Å²) in [6, 6.07) is 20.8. The van der Waals surface area contributed by atoms with Crippen molar-refractivity contribution in [2.75, 3.05) is 11.9 Å². The number of para-hydroxylation sites is 1. The zero-order valence-electron chi connectivity index (χ0n) is 16.2. The van der Waals surface area contributed by atoms with Crippen LogP contribution >= 0.6 is 0 Å². The number of H-pyrrole nitrogens is 1. The number of anilines is 1. The van der Waals surface area contributed by atoms with Gasteiger partial charge in [0.25, 0.3) is 0 Å². The molecule has 1 atom stereocenters. The second kappa shape index (κ2) is 7.43. The van der Waals surface area contributed by atoms with Gasteiger partial charge in [-0.1, -0.05) is 48.0 Å². The molecule has 0 amide bonds.